The molecule has 1 aromatic carbocycles. The van der Waals surface area contributed by atoms with Crippen LogP contribution >= 0.6 is 11.8 Å². The lowest BCUT2D eigenvalue weighted by Gasteiger charge is -2.14. The predicted molar refractivity (Wildman–Crippen MR) is 65.5 cm³/mol. The molecule has 0 unspecified atom stereocenters. The fourth-order valence-corrected chi connectivity index (χ4v) is 2.79. The molecule has 0 amide bonds. The van der Waals surface area contributed by atoms with Crippen LogP contribution in [-0.4, -0.2) is 20.5 Å². The van der Waals surface area contributed by atoms with Crippen LogP contribution in [0.4, 0.5) is 0 Å². The van der Waals surface area contributed by atoms with Gasteiger partial charge < -0.3 is 4.57 Å². The van der Waals surface area contributed by atoms with Gasteiger partial charge in [0.1, 0.15) is 0 Å². The van der Waals surface area contributed by atoms with E-state index < -0.39 is 0 Å². The van der Waals surface area contributed by atoms with Crippen LogP contribution in [0.15, 0.2) is 29.4 Å². The number of thioether (sulfide) groups is 1. The Kier molecular flexibility index (Phi) is 2.44. The molecule has 1 aliphatic rings. The summed E-state index contributed by atoms with van der Waals surface area (Å²) in [4.78, 5) is 0. The molecule has 16 heavy (non-hydrogen) atoms. The van der Waals surface area contributed by atoms with E-state index in [1.54, 1.807) is 11.8 Å². The second-order valence-electron chi connectivity index (χ2n) is 4.03. The number of rotatable bonds is 1. The second kappa shape index (κ2) is 3.94. The Morgan fingerprint density at radius 3 is 2.81 bits per heavy atom. The molecule has 2 heterocycles. The molecule has 0 aliphatic carbocycles. The third-order valence-electron chi connectivity index (χ3n) is 2.78. The number of aromatic nitrogens is 3. The molecule has 0 saturated heterocycles. The first-order chi connectivity index (χ1) is 7.84. The smallest absolute Gasteiger partial charge is 0.191 e. The zero-order chi connectivity index (χ0) is 11.0. The largest absolute Gasteiger partial charge is 0.302 e. The van der Waals surface area contributed by atoms with Crippen LogP contribution in [0.3, 0.4) is 0 Å². The van der Waals surface area contributed by atoms with Crippen molar-refractivity contribution in [3.05, 3.63) is 29.8 Å². The van der Waals surface area contributed by atoms with Crippen LogP contribution in [-0.2, 0) is 6.54 Å². The van der Waals surface area contributed by atoms with E-state index in [9.17, 15) is 0 Å². The summed E-state index contributed by atoms with van der Waals surface area (Å²) < 4.78 is 2.22. The lowest BCUT2D eigenvalue weighted by molar-refractivity contribution is 0.612. The fourth-order valence-electron chi connectivity index (χ4n) is 1.90. The molecule has 0 N–H and O–H groups in total. The molecule has 0 bridgehead atoms. The Balaban J connectivity index is 2.06. The third kappa shape index (κ3) is 1.63. The lowest BCUT2D eigenvalue weighted by Crippen LogP contribution is -2.08. The number of hydrogen-bond donors (Lipinski definition) is 0. The topological polar surface area (TPSA) is 30.7 Å². The van der Waals surface area contributed by atoms with Crippen molar-refractivity contribution >= 4 is 11.8 Å². The van der Waals surface area contributed by atoms with Gasteiger partial charge in [-0.25, -0.2) is 0 Å². The fraction of sp³-hybridized carbons (Fsp3) is 0.333. The standard InChI is InChI=1S/C12H13N3S/c1-9-3-5-10(6-4-9)11-13-14-12-15(11)7-2-8-16-12/h3-6H,2,7-8H2,1H3. The zero-order valence-electron chi connectivity index (χ0n) is 9.18. The molecular weight excluding hydrogens is 218 g/mol. The number of hydrogen-bond acceptors (Lipinski definition) is 3. The first-order valence-electron chi connectivity index (χ1n) is 5.47. The highest BCUT2D eigenvalue weighted by molar-refractivity contribution is 7.99. The maximum Gasteiger partial charge on any atom is 0.191 e. The molecule has 1 aromatic heterocycles. The second-order valence-corrected chi connectivity index (χ2v) is 5.09. The average Bonchev–Trinajstić information content (AvgIpc) is 2.74. The Morgan fingerprint density at radius 2 is 2.00 bits per heavy atom. The van der Waals surface area contributed by atoms with Crippen LogP contribution in [0, 0.1) is 6.92 Å². The maximum absolute atomic E-state index is 4.29. The molecule has 0 atom stereocenters. The van der Waals surface area contributed by atoms with Gasteiger partial charge in [0.15, 0.2) is 11.0 Å². The van der Waals surface area contributed by atoms with Gasteiger partial charge in [0.2, 0.25) is 0 Å². The van der Waals surface area contributed by atoms with Gasteiger partial charge >= 0.3 is 0 Å². The molecule has 0 saturated carbocycles. The van der Waals surface area contributed by atoms with Crippen molar-refractivity contribution in [2.24, 2.45) is 0 Å². The van der Waals surface area contributed by atoms with Gasteiger partial charge in [-0.1, -0.05) is 41.6 Å². The van der Waals surface area contributed by atoms with E-state index in [1.807, 2.05) is 0 Å². The summed E-state index contributed by atoms with van der Waals surface area (Å²) in [5.74, 6) is 2.16. The highest BCUT2D eigenvalue weighted by Gasteiger charge is 2.16. The van der Waals surface area contributed by atoms with Gasteiger partial charge in [0.25, 0.3) is 0 Å². The van der Waals surface area contributed by atoms with E-state index in [0.29, 0.717) is 0 Å². The Morgan fingerprint density at radius 1 is 1.19 bits per heavy atom. The van der Waals surface area contributed by atoms with E-state index in [0.717, 1.165) is 28.8 Å². The highest BCUT2D eigenvalue weighted by Crippen LogP contribution is 2.28. The maximum atomic E-state index is 4.29. The summed E-state index contributed by atoms with van der Waals surface area (Å²) in [5, 5.41) is 9.58. The van der Waals surface area contributed by atoms with E-state index >= 15 is 0 Å². The molecular formula is C12H13N3S. The van der Waals surface area contributed by atoms with Gasteiger partial charge in [-0.15, -0.1) is 10.2 Å². The Hall–Kier alpha value is -1.29. The minimum Gasteiger partial charge on any atom is -0.302 e. The van der Waals surface area contributed by atoms with Crippen LogP contribution in [0.5, 0.6) is 0 Å². The minimum absolute atomic E-state index is 1.00. The molecule has 0 radical (unpaired) electrons. The van der Waals surface area contributed by atoms with Crippen LogP contribution in [0.1, 0.15) is 12.0 Å². The minimum atomic E-state index is 1.00. The summed E-state index contributed by atoms with van der Waals surface area (Å²) in [6, 6.07) is 8.47. The van der Waals surface area contributed by atoms with Crippen molar-refractivity contribution in [1.82, 2.24) is 14.8 Å². The molecule has 3 nitrogen and oxygen atoms in total. The Bertz CT molecular complexity index is 501. The summed E-state index contributed by atoms with van der Waals surface area (Å²) in [6.07, 6.45) is 1.20. The zero-order valence-corrected chi connectivity index (χ0v) is 10.00. The van der Waals surface area contributed by atoms with Crippen LogP contribution in [0.2, 0.25) is 0 Å². The average molecular weight is 231 g/mol. The molecule has 0 spiro atoms. The van der Waals surface area contributed by atoms with E-state index in [2.05, 4.69) is 46.0 Å². The van der Waals surface area contributed by atoms with Gasteiger partial charge in [0.05, 0.1) is 0 Å². The Labute approximate surface area is 98.9 Å². The monoisotopic (exact) mass is 231 g/mol. The summed E-state index contributed by atoms with van der Waals surface area (Å²) in [5.41, 5.74) is 2.43. The van der Waals surface area contributed by atoms with Crippen molar-refractivity contribution in [2.45, 2.75) is 25.0 Å². The number of aryl methyl sites for hydroxylation is 1. The molecule has 2 aromatic rings. The normalized spacial score (nSPS) is 14.8. The van der Waals surface area contributed by atoms with Crippen molar-refractivity contribution in [1.29, 1.82) is 0 Å². The van der Waals surface area contributed by atoms with Gasteiger partial charge in [0, 0.05) is 17.9 Å². The first-order valence-corrected chi connectivity index (χ1v) is 6.46. The van der Waals surface area contributed by atoms with Crippen molar-refractivity contribution in [3.63, 3.8) is 0 Å². The quantitative estimate of drug-likeness (QED) is 0.756. The number of nitrogens with zero attached hydrogens (tertiary/aromatic N) is 3. The molecule has 0 fully saturated rings. The SMILES string of the molecule is Cc1ccc(-c2nnc3n2CCCS3)cc1. The van der Waals surface area contributed by atoms with Gasteiger partial charge in [-0.3, -0.25) is 0 Å². The number of fused-ring (bicyclic) bond motifs is 1. The molecule has 1 aliphatic heterocycles. The van der Waals surface area contributed by atoms with Crippen molar-refractivity contribution in [2.75, 3.05) is 5.75 Å². The summed E-state index contributed by atoms with van der Waals surface area (Å²) in [7, 11) is 0. The third-order valence-corrected chi connectivity index (χ3v) is 3.84. The van der Waals surface area contributed by atoms with E-state index in [4.69, 9.17) is 0 Å². The predicted octanol–water partition coefficient (Wildman–Crippen LogP) is 2.75. The molecule has 4 heteroatoms. The van der Waals surface area contributed by atoms with Gasteiger partial charge in [-0.2, -0.15) is 0 Å². The van der Waals surface area contributed by atoms with Crippen molar-refractivity contribution < 1.29 is 0 Å². The summed E-state index contributed by atoms with van der Waals surface area (Å²) in [6.45, 7) is 3.14. The van der Waals surface area contributed by atoms with Gasteiger partial charge in [-0.05, 0) is 13.3 Å². The molecule has 3 rings (SSSR count). The lowest BCUT2D eigenvalue weighted by atomic mass is 10.1. The highest BCUT2D eigenvalue weighted by atomic mass is 32.2. The summed E-state index contributed by atoms with van der Waals surface area (Å²) >= 11 is 1.80. The van der Waals surface area contributed by atoms with Crippen molar-refractivity contribution in [3.8, 4) is 11.4 Å². The van der Waals surface area contributed by atoms with Crippen LogP contribution in [0.25, 0.3) is 11.4 Å². The van der Waals surface area contributed by atoms with Crippen LogP contribution < -0.4 is 0 Å². The van der Waals surface area contributed by atoms with E-state index in [-0.39, 0.29) is 0 Å². The number of benzene rings is 1. The van der Waals surface area contributed by atoms with E-state index in [1.165, 1.54) is 12.0 Å². The molecule has 82 valence electrons. The first kappa shape index (κ1) is 9.90.